The molecular formula is C18H26O2. The molecule has 0 radical (unpaired) electrons. The molecule has 110 valence electrons. The van der Waals surface area contributed by atoms with Crippen molar-refractivity contribution in [2.45, 2.75) is 64.4 Å². The minimum absolute atomic E-state index is 0.257. The maximum Gasteiger partial charge on any atom is 0.166 e. The van der Waals surface area contributed by atoms with Crippen LogP contribution in [0, 0.1) is 0 Å². The van der Waals surface area contributed by atoms with E-state index in [9.17, 15) is 4.79 Å². The first-order valence-corrected chi connectivity index (χ1v) is 8.05. The summed E-state index contributed by atoms with van der Waals surface area (Å²) in [6.45, 7) is 2.89. The first kappa shape index (κ1) is 15.2. The summed E-state index contributed by atoms with van der Waals surface area (Å²) >= 11 is 0. The zero-order valence-electron chi connectivity index (χ0n) is 12.6. The summed E-state index contributed by atoms with van der Waals surface area (Å²) in [5.74, 6) is 0.257. The summed E-state index contributed by atoms with van der Waals surface area (Å²) in [7, 11) is 0. The SMILES string of the molecule is CCCCCCCCC(=O)C1OCCc2ccccc21. The molecule has 1 aliphatic rings. The Morgan fingerprint density at radius 1 is 1.15 bits per heavy atom. The van der Waals surface area contributed by atoms with E-state index in [0.717, 1.165) is 18.4 Å². The summed E-state index contributed by atoms with van der Waals surface area (Å²) in [5, 5.41) is 0. The minimum Gasteiger partial charge on any atom is -0.365 e. The van der Waals surface area contributed by atoms with E-state index in [1.54, 1.807) is 0 Å². The molecule has 0 spiro atoms. The van der Waals surface area contributed by atoms with Crippen molar-refractivity contribution in [2.24, 2.45) is 0 Å². The molecule has 1 aromatic carbocycles. The van der Waals surface area contributed by atoms with Gasteiger partial charge < -0.3 is 4.74 Å². The molecule has 0 N–H and O–H groups in total. The molecule has 0 aromatic heterocycles. The Kier molecular flexibility index (Phi) is 6.25. The van der Waals surface area contributed by atoms with Gasteiger partial charge >= 0.3 is 0 Å². The van der Waals surface area contributed by atoms with Crippen molar-refractivity contribution in [3.63, 3.8) is 0 Å². The van der Waals surface area contributed by atoms with Crippen molar-refractivity contribution in [1.29, 1.82) is 0 Å². The van der Waals surface area contributed by atoms with Crippen molar-refractivity contribution in [3.8, 4) is 0 Å². The summed E-state index contributed by atoms with van der Waals surface area (Å²) < 4.78 is 5.71. The number of hydrogen-bond donors (Lipinski definition) is 0. The van der Waals surface area contributed by atoms with E-state index in [4.69, 9.17) is 4.74 Å². The molecule has 1 unspecified atom stereocenters. The fraction of sp³-hybridized carbons (Fsp3) is 0.611. The Labute approximate surface area is 122 Å². The fourth-order valence-electron chi connectivity index (χ4n) is 2.87. The van der Waals surface area contributed by atoms with Crippen LogP contribution in [-0.2, 0) is 16.0 Å². The Hall–Kier alpha value is -1.15. The van der Waals surface area contributed by atoms with Crippen LogP contribution < -0.4 is 0 Å². The summed E-state index contributed by atoms with van der Waals surface area (Å²) in [6.07, 6.45) is 8.58. The van der Waals surface area contributed by atoms with Crippen LogP contribution in [0.25, 0.3) is 0 Å². The second-order valence-corrected chi connectivity index (χ2v) is 5.68. The maximum atomic E-state index is 12.3. The van der Waals surface area contributed by atoms with Gasteiger partial charge in [-0.2, -0.15) is 0 Å². The number of rotatable bonds is 8. The number of unbranched alkanes of at least 4 members (excludes halogenated alkanes) is 5. The van der Waals surface area contributed by atoms with E-state index in [-0.39, 0.29) is 11.9 Å². The van der Waals surface area contributed by atoms with E-state index in [1.807, 2.05) is 18.2 Å². The normalized spacial score (nSPS) is 17.8. The third kappa shape index (κ3) is 4.17. The summed E-state index contributed by atoms with van der Waals surface area (Å²) in [6, 6.07) is 8.19. The van der Waals surface area contributed by atoms with Crippen LogP contribution in [0.5, 0.6) is 0 Å². The standard InChI is InChI=1S/C18H26O2/c1-2-3-4-5-6-7-12-17(19)18-16-11-9-8-10-15(16)13-14-20-18/h8-11,18H,2-7,12-14H2,1H3. The largest absolute Gasteiger partial charge is 0.365 e. The van der Waals surface area contributed by atoms with E-state index >= 15 is 0 Å². The quantitative estimate of drug-likeness (QED) is 0.646. The van der Waals surface area contributed by atoms with Gasteiger partial charge in [0, 0.05) is 6.42 Å². The topological polar surface area (TPSA) is 26.3 Å². The lowest BCUT2D eigenvalue weighted by atomic mass is 9.93. The molecule has 1 atom stereocenters. The highest BCUT2D eigenvalue weighted by Crippen LogP contribution is 2.29. The molecule has 0 saturated heterocycles. The monoisotopic (exact) mass is 274 g/mol. The Balaban J connectivity index is 1.79. The molecule has 2 rings (SSSR count). The van der Waals surface area contributed by atoms with Gasteiger partial charge in [-0.15, -0.1) is 0 Å². The van der Waals surface area contributed by atoms with Crippen molar-refractivity contribution in [3.05, 3.63) is 35.4 Å². The predicted molar refractivity (Wildman–Crippen MR) is 81.8 cm³/mol. The fourth-order valence-corrected chi connectivity index (χ4v) is 2.87. The first-order valence-electron chi connectivity index (χ1n) is 8.05. The number of benzene rings is 1. The molecule has 0 amide bonds. The lowest BCUT2D eigenvalue weighted by Crippen LogP contribution is -2.23. The summed E-state index contributed by atoms with van der Waals surface area (Å²) in [4.78, 5) is 12.3. The van der Waals surface area contributed by atoms with Gasteiger partial charge in [0.1, 0.15) is 6.10 Å². The molecule has 0 aliphatic carbocycles. The van der Waals surface area contributed by atoms with Crippen LogP contribution >= 0.6 is 0 Å². The zero-order valence-corrected chi connectivity index (χ0v) is 12.6. The molecule has 0 bridgehead atoms. The molecule has 0 fully saturated rings. The maximum absolute atomic E-state index is 12.3. The highest BCUT2D eigenvalue weighted by atomic mass is 16.5. The highest BCUT2D eigenvalue weighted by Gasteiger charge is 2.26. The minimum atomic E-state index is -0.310. The summed E-state index contributed by atoms with van der Waals surface area (Å²) in [5.41, 5.74) is 2.37. The van der Waals surface area contributed by atoms with E-state index in [2.05, 4.69) is 13.0 Å². The van der Waals surface area contributed by atoms with Gasteiger partial charge in [0.2, 0.25) is 0 Å². The number of ether oxygens (including phenoxy) is 1. The van der Waals surface area contributed by atoms with Gasteiger partial charge in [0.15, 0.2) is 5.78 Å². The van der Waals surface area contributed by atoms with Gasteiger partial charge in [-0.05, 0) is 24.0 Å². The average molecular weight is 274 g/mol. The smallest absolute Gasteiger partial charge is 0.166 e. The number of Topliss-reactive ketones (excluding diaryl/α,β-unsaturated/α-hetero) is 1. The van der Waals surface area contributed by atoms with Crippen LogP contribution in [0.3, 0.4) is 0 Å². The van der Waals surface area contributed by atoms with Crippen LogP contribution in [0.1, 0.15) is 69.1 Å². The Bertz CT molecular complexity index is 425. The van der Waals surface area contributed by atoms with E-state index in [1.165, 1.54) is 37.7 Å². The Morgan fingerprint density at radius 2 is 1.90 bits per heavy atom. The van der Waals surface area contributed by atoms with Gasteiger partial charge in [-0.1, -0.05) is 63.3 Å². The van der Waals surface area contributed by atoms with Crippen molar-refractivity contribution >= 4 is 5.78 Å². The van der Waals surface area contributed by atoms with Crippen LogP contribution in [0.2, 0.25) is 0 Å². The van der Waals surface area contributed by atoms with Crippen LogP contribution in [-0.4, -0.2) is 12.4 Å². The zero-order chi connectivity index (χ0) is 14.2. The van der Waals surface area contributed by atoms with Gasteiger partial charge in [-0.25, -0.2) is 0 Å². The molecule has 1 aliphatic heterocycles. The lowest BCUT2D eigenvalue weighted by Gasteiger charge is -2.25. The third-order valence-corrected chi connectivity index (χ3v) is 4.06. The second kappa shape index (κ2) is 8.21. The van der Waals surface area contributed by atoms with Gasteiger partial charge in [-0.3, -0.25) is 4.79 Å². The molecular weight excluding hydrogens is 248 g/mol. The second-order valence-electron chi connectivity index (χ2n) is 5.68. The number of carbonyl (C=O) groups excluding carboxylic acids is 1. The van der Waals surface area contributed by atoms with Crippen molar-refractivity contribution in [1.82, 2.24) is 0 Å². The van der Waals surface area contributed by atoms with Crippen LogP contribution in [0.15, 0.2) is 24.3 Å². The van der Waals surface area contributed by atoms with Gasteiger partial charge in [0.25, 0.3) is 0 Å². The van der Waals surface area contributed by atoms with E-state index in [0.29, 0.717) is 13.0 Å². The molecule has 0 saturated carbocycles. The Morgan fingerprint density at radius 3 is 2.75 bits per heavy atom. The number of carbonyl (C=O) groups is 1. The molecule has 2 nitrogen and oxygen atoms in total. The first-order chi connectivity index (χ1) is 9.83. The van der Waals surface area contributed by atoms with Crippen molar-refractivity contribution < 1.29 is 9.53 Å². The highest BCUT2D eigenvalue weighted by molar-refractivity contribution is 5.84. The van der Waals surface area contributed by atoms with E-state index < -0.39 is 0 Å². The third-order valence-electron chi connectivity index (χ3n) is 4.06. The molecule has 2 heteroatoms. The lowest BCUT2D eigenvalue weighted by molar-refractivity contribution is -0.132. The number of ketones is 1. The van der Waals surface area contributed by atoms with Gasteiger partial charge in [0.05, 0.1) is 6.61 Å². The molecule has 1 heterocycles. The average Bonchev–Trinajstić information content (AvgIpc) is 2.50. The van der Waals surface area contributed by atoms with Crippen molar-refractivity contribution in [2.75, 3.05) is 6.61 Å². The van der Waals surface area contributed by atoms with Crippen LogP contribution in [0.4, 0.5) is 0 Å². The molecule has 20 heavy (non-hydrogen) atoms. The molecule has 1 aromatic rings. The predicted octanol–water partition coefficient (Wildman–Crippen LogP) is 4.62. The number of fused-ring (bicyclic) bond motifs is 1. The number of hydrogen-bond acceptors (Lipinski definition) is 2.